The van der Waals surface area contributed by atoms with Crippen molar-refractivity contribution in [3.05, 3.63) is 30.3 Å². The summed E-state index contributed by atoms with van der Waals surface area (Å²) in [4.78, 5) is 16.9. The standard InChI is InChI=1S/C18H22N4O2S/c23-12-11-21-9-4-7-18(16(21)24)8-10-22(13-18)17-20-19-15(25-17)14-5-2-1-3-6-14/h1-3,5-6,23H,4,7-13H2/t18-/m0/s1. The van der Waals surface area contributed by atoms with Gasteiger partial charge < -0.3 is 14.9 Å². The van der Waals surface area contributed by atoms with Gasteiger partial charge in [0.2, 0.25) is 11.0 Å². The molecule has 2 saturated heterocycles. The van der Waals surface area contributed by atoms with Crippen LogP contribution in [0.4, 0.5) is 5.13 Å². The largest absolute Gasteiger partial charge is 0.395 e. The molecule has 0 aliphatic carbocycles. The summed E-state index contributed by atoms with van der Waals surface area (Å²) in [6.07, 6.45) is 2.79. The molecule has 1 spiro atoms. The molecule has 132 valence electrons. The van der Waals surface area contributed by atoms with Crippen molar-refractivity contribution in [3.8, 4) is 10.6 Å². The summed E-state index contributed by atoms with van der Waals surface area (Å²) in [6.45, 7) is 2.78. The van der Waals surface area contributed by atoms with Crippen LogP contribution >= 0.6 is 11.3 Å². The molecule has 0 radical (unpaired) electrons. The van der Waals surface area contributed by atoms with Crippen LogP contribution in [0.1, 0.15) is 19.3 Å². The fourth-order valence-corrected chi connectivity index (χ4v) is 4.82. The predicted molar refractivity (Wildman–Crippen MR) is 97.5 cm³/mol. The Morgan fingerprint density at radius 1 is 1.16 bits per heavy atom. The third-order valence-electron chi connectivity index (χ3n) is 5.25. The maximum atomic E-state index is 12.9. The molecule has 0 bridgehead atoms. The number of piperidine rings is 1. The molecule has 2 aliphatic heterocycles. The van der Waals surface area contributed by atoms with Crippen LogP contribution in [-0.2, 0) is 4.79 Å². The molecule has 2 aliphatic rings. The van der Waals surface area contributed by atoms with Crippen LogP contribution in [0.25, 0.3) is 10.6 Å². The van der Waals surface area contributed by atoms with Crippen LogP contribution in [0.5, 0.6) is 0 Å². The smallest absolute Gasteiger partial charge is 0.230 e. The third-order valence-corrected chi connectivity index (χ3v) is 6.29. The van der Waals surface area contributed by atoms with E-state index in [-0.39, 0.29) is 17.9 Å². The monoisotopic (exact) mass is 358 g/mol. The Labute approximate surface area is 151 Å². The van der Waals surface area contributed by atoms with E-state index in [0.717, 1.165) is 48.1 Å². The van der Waals surface area contributed by atoms with Gasteiger partial charge in [-0.1, -0.05) is 41.7 Å². The lowest BCUT2D eigenvalue weighted by Crippen LogP contribution is -2.50. The lowest BCUT2D eigenvalue weighted by atomic mass is 9.78. The summed E-state index contributed by atoms with van der Waals surface area (Å²) < 4.78 is 0. The number of anilines is 1. The summed E-state index contributed by atoms with van der Waals surface area (Å²) >= 11 is 1.58. The second-order valence-corrected chi connectivity index (χ2v) is 7.78. The first-order valence-electron chi connectivity index (χ1n) is 8.76. The van der Waals surface area contributed by atoms with E-state index < -0.39 is 0 Å². The number of nitrogens with zero attached hydrogens (tertiary/aromatic N) is 4. The van der Waals surface area contributed by atoms with Gasteiger partial charge >= 0.3 is 0 Å². The van der Waals surface area contributed by atoms with Crippen molar-refractivity contribution in [2.75, 3.05) is 37.7 Å². The minimum atomic E-state index is -0.313. The number of aliphatic hydroxyl groups excluding tert-OH is 1. The molecule has 2 fully saturated rings. The Morgan fingerprint density at radius 3 is 2.80 bits per heavy atom. The maximum absolute atomic E-state index is 12.9. The normalized spacial score (nSPS) is 23.6. The van der Waals surface area contributed by atoms with Gasteiger partial charge in [-0.25, -0.2) is 0 Å². The van der Waals surface area contributed by atoms with E-state index in [1.807, 2.05) is 35.2 Å². The molecule has 1 N–H and O–H groups in total. The molecule has 6 nitrogen and oxygen atoms in total. The van der Waals surface area contributed by atoms with Crippen LogP contribution in [-0.4, -0.2) is 58.9 Å². The molecule has 4 rings (SSSR count). The van der Waals surface area contributed by atoms with Crippen molar-refractivity contribution < 1.29 is 9.90 Å². The quantitative estimate of drug-likeness (QED) is 0.905. The number of aliphatic hydroxyl groups is 1. The van der Waals surface area contributed by atoms with E-state index in [1.54, 1.807) is 11.3 Å². The number of amides is 1. The molecular formula is C18H22N4O2S. The maximum Gasteiger partial charge on any atom is 0.230 e. The van der Waals surface area contributed by atoms with Crippen molar-refractivity contribution in [1.29, 1.82) is 0 Å². The van der Waals surface area contributed by atoms with Gasteiger partial charge in [-0.2, -0.15) is 0 Å². The number of carbonyl (C=O) groups excluding carboxylic acids is 1. The summed E-state index contributed by atoms with van der Waals surface area (Å²) in [5, 5.41) is 19.7. The van der Waals surface area contributed by atoms with Crippen molar-refractivity contribution >= 4 is 22.4 Å². The van der Waals surface area contributed by atoms with Gasteiger partial charge in [-0.3, -0.25) is 4.79 Å². The number of rotatable bonds is 4. The molecule has 1 aromatic heterocycles. The van der Waals surface area contributed by atoms with Crippen molar-refractivity contribution in [1.82, 2.24) is 15.1 Å². The summed E-state index contributed by atoms with van der Waals surface area (Å²) in [5.74, 6) is 0.197. The first-order chi connectivity index (χ1) is 12.2. The van der Waals surface area contributed by atoms with E-state index in [0.29, 0.717) is 13.1 Å². The molecule has 3 heterocycles. The van der Waals surface area contributed by atoms with Crippen molar-refractivity contribution in [3.63, 3.8) is 0 Å². The van der Waals surface area contributed by atoms with Crippen LogP contribution in [0.3, 0.4) is 0 Å². The fourth-order valence-electron chi connectivity index (χ4n) is 3.94. The van der Waals surface area contributed by atoms with Crippen LogP contribution in [0, 0.1) is 5.41 Å². The molecule has 2 aromatic rings. The second-order valence-electron chi connectivity index (χ2n) is 6.83. The molecule has 25 heavy (non-hydrogen) atoms. The highest BCUT2D eigenvalue weighted by molar-refractivity contribution is 7.18. The number of β-amino-alcohol motifs (C(OH)–C–C–N with tert-alkyl or cyclic N) is 1. The zero-order valence-electron chi connectivity index (χ0n) is 14.1. The summed E-state index contributed by atoms with van der Waals surface area (Å²) in [7, 11) is 0. The highest BCUT2D eigenvalue weighted by Crippen LogP contribution is 2.42. The minimum absolute atomic E-state index is 0.0301. The molecule has 1 aromatic carbocycles. The molecule has 7 heteroatoms. The fraction of sp³-hybridized carbons (Fsp3) is 0.500. The van der Waals surface area contributed by atoms with Gasteiger partial charge in [0, 0.05) is 31.7 Å². The van der Waals surface area contributed by atoms with Gasteiger partial charge in [0.05, 0.1) is 12.0 Å². The molecule has 1 atom stereocenters. The molecule has 0 unspecified atom stereocenters. The number of benzene rings is 1. The topological polar surface area (TPSA) is 69.6 Å². The highest BCUT2D eigenvalue weighted by Gasteiger charge is 2.48. The van der Waals surface area contributed by atoms with Crippen LogP contribution < -0.4 is 4.90 Å². The van der Waals surface area contributed by atoms with Gasteiger partial charge in [0.25, 0.3) is 0 Å². The Kier molecular flexibility index (Phi) is 4.43. The first kappa shape index (κ1) is 16.5. The van der Waals surface area contributed by atoms with Crippen molar-refractivity contribution in [2.24, 2.45) is 5.41 Å². The SMILES string of the molecule is O=C1N(CCO)CCC[C@@]12CCN(c1nnc(-c3ccccc3)s1)C2. The number of hydrogen-bond donors (Lipinski definition) is 1. The first-order valence-corrected chi connectivity index (χ1v) is 9.58. The van der Waals surface area contributed by atoms with E-state index in [1.165, 1.54) is 0 Å². The predicted octanol–water partition coefficient (Wildman–Crippen LogP) is 2.02. The lowest BCUT2D eigenvalue weighted by Gasteiger charge is -2.39. The Bertz CT molecular complexity index is 749. The zero-order chi connectivity index (χ0) is 17.3. The van der Waals surface area contributed by atoms with Gasteiger partial charge in [-0.15, -0.1) is 10.2 Å². The van der Waals surface area contributed by atoms with Crippen molar-refractivity contribution in [2.45, 2.75) is 19.3 Å². The molecular weight excluding hydrogens is 336 g/mol. The highest BCUT2D eigenvalue weighted by atomic mass is 32.1. The van der Waals surface area contributed by atoms with E-state index in [4.69, 9.17) is 0 Å². The van der Waals surface area contributed by atoms with Gasteiger partial charge in [0.1, 0.15) is 5.01 Å². The van der Waals surface area contributed by atoms with Gasteiger partial charge in [0.15, 0.2) is 0 Å². The lowest BCUT2D eigenvalue weighted by molar-refractivity contribution is -0.145. The van der Waals surface area contributed by atoms with E-state index >= 15 is 0 Å². The molecule has 1 amide bonds. The van der Waals surface area contributed by atoms with Crippen LogP contribution in [0.2, 0.25) is 0 Å². The number of carbonyl (C=O) groups is 1. The summed E-state index contributed by atoms with van der Waals surface area (Å²) in [5.41, 5.74) is 0.759. The Hall–Kier alpha value is -1.99. The average Bonchev–Trinajstić information content (AvgIpc) is 3.28. The number of hydrogen-bond acceptors (Lipinski definition) is 6. The van der Waals surface area contributed by atoms with E-state index in [9.17, 15) is 9.90 Å². The molecule has 0 saturated carbocycles. The van der Waals surface area contributed by atoms with Gasteiger partial charge in [-0.05, 0) is 19.3 Å². The minimum Gasteiger partial charge on any atom is -0.395 e. The van der Waals surface area contributed by atoms with E-state index in [2.05, 4.69) is 15.1 Å². The third kappa shape index (κ3) is 3.02. The Balaban J connectivity index is 1.51. The summed E-state index contributed by atoms with van der Waals surface area (Å²) in [6, 6.07) is 10.1. The van der Waals surface area contributed by atoms with Crippen LogP contribution in [0.15, 0.2) is 30.3 Å². The average molecular weight is 358 g/mol. The second kappa shape index (κ2) is 6.72. The zero-order valence-corrected chi connectivity index (χ0v) is 14.9. The number of aromatic nitrogens is 2. The number of likely N-dealkylation sites (tertiary alicyclic amines) is 1. The Morgan fingerprint density at radius 2 is 2.00 bits per heavy atom.